The fourth-order valence-electron chi connectivity index (χ4n) is 2.60. The molecule has 5 nitrogen and oxygen atoms in total. The van der Waals surface area contributed by atoms with Crippen LogP contribution >= 0.6 is 0 Å². The molecule has 0 aliphatic rings. The molecular weight excluding hydrogens is 383 g/mol. The Morgan fingerprint density at radius 3 is 1.90 bits per heavy atom. The van der Waals surface area contributed by atoms with Crippen LogP contribution in [0.25, 0.3) is 22.8 Å². The first-order valence-corrected chi connectivity index (χ1v) is 8.54. The summed E-state index contributed by atoms with van der Waals surface area (Å²) >= 11 is 0. The highest BCUT2D eigenvalue weighted by Gasteiger charge is 2.30. The van der Waals surface area contributed by atoms with E-state index in [1.807, 2.05) is 0 Å². The number of benzene rings is 3. The van der Waals surface area contributed by atoms with Gasteiger partial charge in [0.05, 0.1) is 5.56 Å². The van der Waals surface area contributed by atoms with Crippen LogP contribution in [0.1, 0.15) is 5.56 Å². The Labute approximate surface area is 163 Å². The van der Waals surface area contributed by atoms with E-state index in [1.54, 1.807) is 48.5 Å². The summed E-state index contributed by atoms with van der Waals surface area (Å²) in [7, 11) is 0. The summed E-state index contributed by atoms with van der Waals surface area (Å²) in [4.78, 5) is 4.36. The standard InChI is InChI=1S/C21H14F3N3O2/c22-21(23,24)15-5-11-18(12-6-15)28-17-9-3-13(4-10-17)19-26-20(29-27-19)14-1-7-16(25)8-2-14/h1-12H,25H2. The second-order valence-electron chi connectivity index (χ2n) is 6.19. The minimum atomic E-state index is -4.38. The van der Waals surface area contributed by atoms with Gasteiger partial charge < -0.3 is 15.0 Å². The monoisotopic (exact) mass is 397 g/mol. The minimum absolute atomic E-state index is 0.302. The maximum absolute atomic E-state index is 12.6. The summed E-state index contributed by atoms with van der Waals surface area (Å²) in [6, 6.07) is 18.4. The number of aromatic nitrogens is 2. The van der Waals surface area contributed by atoms with Crippen molar-refractivity contribution in [1.82, 2.24) is 10.1 Å². The van der Waals surface area contributed by atoms with Gasteiger partial charge in [-0.25, -0.2) is 0 Å². The van der Waals surface area contributed by atoms with E-state index in [2.05, 4.69) is 10.1 Å². The van der Waals surface area contributed by atoms with Crippen molar-refractivity contribution in [3.8, 4) is 34.3 Å². The zero-order chi connectivity index (χ0) is 20.4. The normalized spacial score (nSPS) is 11.4. The summed E-state index contributed by atoms with van der Waals surface area (Å²) in [5, 5.41) is 3.97. The van der Waals surface area contributed by atoms with Gasteiger partial charge in [-0.05, 0) is 72.8 Å². The number of rotatable bonds is 4. The highest BCUT2D eigenvalue weighted by Crippen LogP contribution is 2.32. The fourth-order valence-corrected chi connectivity index (χ4v) is 2.60. The Morgan fingerprint density at radius 2 is 1.31 bits per heavy atom. The smallest absolute Gasteiger partial charge is 0.416 e. The summed E-state index contributed by atoms with van der Waals surface area (Å²) in [6.07, 6.45) is -4.38. The first-order valence-electron chi connectivity index (χ1n) is 8.54. The molecule has 0 aliphatic heterocycles. The maximum Gasteiger partial charge on any atom is 0.416 e. The molecule has 0 saturated carbocycles. The van der Waals surface area contributed by atoms with Crippen LogP contribution in [0.3, 0.4) is 0 Å². The quantitative estimate of drug-likeness (QED) is 0.441. The van der Waals surface area contributed by atoms with E-state index in [0.717, 1.165) is 17.7 Å². The van der Waals surface area contributed by atoms with Crippen molar-refractivity contribution < 1.29 is 22.4 Å². The molecule has 0 fully saturated rings. The Morgan fingerprint density at radius 1 is 0.759 bits per heavy atom. The van der Waals surface area contributed by atoms with Crippen molar-refractivity contribution >= 4 is 5.69 Å². The molecule has 146 valence electrons. The molecule has 0 spiro atoms. The molecule has 0 unspecified atom stereocenters. The highest BCUT2D eigenvalue weighted by atomic mass is 19.4. The zero-order valence-electron chi connectivity index (χ0n) is 14.9. The largest absolute Gasteiger partial charge is 0.457 e. The summed E-state index contributed by atoms with van der Waals surface area (Å²) in [5.74, 6) is 1.54. The Balaban J connectivity index is 1.47. The molecule has 3 aromatic carbocycles. The van der Waals surface area contributed by atoms with E-state index in [1.165, 1.54) is 12.1 Å². The van der Waals surface area contributed by atoms with Gasteiger partial charge >= 0.3 is 6.18 Å². The maximum atomic E-state index is 12.6. The predicted octanol–water partition coefficient (Wildman–Crippen LogP) is 5.80. The van der Waals surface area contributed by atoms with E-state index in [4.69, 9.17) is 15.0 Å². The Kier molecular flexibility index (Phi) is 4.67. The number of nitrogen functional groups attached to an aromatic ring is 1. The number of hydrogen-bond acceptors (Lipinski definition) is 5. The van der Waals surface area contributed by atoms with E-state index in [-0.39, 0.29) is 0 Å². The second kappa shape index (κ2) is 7.31. The number of halogens is 3. The van der Waals surface area contributed by atoms with Gasteiger partial charge in [-0.1, -0.05) is 5.16 Å². The SMILES string of the molecule is Nc1ccc(-c2nc(-c3ccc(Oc4ccc(C(F)(F)F)cc4)cc3)no2)cc1. The molecule has 2 N–H and O–H groups in total. The van der Waals surface area contributed by atoms with Gasteiger partial charge in [0, 0.05) is 16.8 Å². The van der Waals surface area contributed by atoms with Gasteiger partial charge in [0.15, 0.2) is 0 Å². The third kappa shape index (κ3) is 4.21. The molecule has 0 saturated heterocycles. The molecule has 4 rings (SSSR count). The molecule has 1 aromatic heterocycles. The Bertz CT molecular complexity index is 1100. The molecule has 0 radical (unpaired) electrons. The second-order valence-corrected chi connectivity index (χ2v) is 6.19. The van der Waals surface area contributed by atoms with Crippen LogP contribution in [-0.4, -0.2) is 10.1 Å². The third-order valence-electron chi connectivity index (χ3n) is 4.11. The lowest BCUT2D eigenvalue weighted by atomic mass is 10.2. The van der Waals surface area contributed by atoms with Gasteiger partial charge in [-0.15, -0.1) is 0 Å². The van der Waals surface area contributed by atoms with Crippen LogP contribution in [-0.2, 0) is 6.18 Å². The topological polar surface area (TPSA) is 74.2 Å². The molecule has 4 aromatic rings. The molecule has 8 heteroatoms. The van der Waals surface area contributed by atoms with E-state index >= 15 is 0 Å². The number of hydrogen-bond donors (Lipinski definition) is 1. The summed E-state index contributed by atoms with van der Waals surface area (Å²) < 4.78 is 48.7. The van der Waals surface area contributed by atoms with Crippen molar-refractivity contribution in [1.29, 1.82) is 0 Å². The van der Waals surface area contributed by atoms with Crippen LogP contribution in [0.5, 0.6) is 11.5 Å². The molecule has 1 heterocycles. The molecule has 0 bridgehead atoms. The average Bonchev–Trinajstić information content (AvgIpc) is 3.19. The predicted molar refractivity (Wildman–Crippen MR) is 101 cm³/mol. The van der Waals surface area contributed by atoms with Crippen LogP contribution in [0, 0.1) is 0 Å². The minimum Gasteiger partial charge on any atom is -0.457 e. The number of alkyl halides is 3. The van der Waals surface area contributed by atoms with Crippen molar-refractivity contribution in [2.45, 2.75) is 6.18 Å². The molecule has 29 heavy (non-hydrogen) atoms. The first-order chi connectivity index (χ1) is 13.9. The van der Waals surface area contributed by atoms with Crippen molar-refractivity contribution in [3.63, 3.8) is 0 Å². The molecule has 0 atom stereocenters. The van der Waals surface area contributed by atoms with E-state index in [0.29, 0.717) is 34.5 Å². The lowest BCUT2D eigenvalue weighted by Crippen LogP contribution is -2.03. The van der Waals surface area contributed by atoms with Crippen LogP contribution < -0.4 is 10.5 Å². The van der Waals surface area contributed by atoms with E-state index in [9.17, 15) is 13.2 Å². The van der Waals surface area contributed by atoms with Crippen molar-refractivity contribution in [3.05, 3.63) is 78.4 Å². The van der Waals surface area contributed by atoms with Crippen LogP contribution in [0.4, 0.5) is 18.9 Å². The highest BCUT2D eigenvalue weighted by molar-refractivity contribution is 5.62. The lowest BCUT2D eigenvalue weighted by molar-refractivity contribution is -0.137. The number of ether oxygens (including phenoxy) is 1. The van der Waals surface area contributed by atoms with Crippen LogP contribution in [0.15, 0.2) is 77.3 Å². The van der Waals surface area contributed by atoms with Gasteiger partial charge in [0.2, 0.25) is 5.82 Å². The first kappa shape index (κ1) is 18.5. The molecular formula is C21H14F3N3O2. The van der Waals surface area contributed by atoms with Crippen molar-refractivity contribution in [2.24, 2.45) is 0 Å². The number of nitrogens with zero attached hydrogens (tertiary/aromatic N) is 2. The number of nitrogens with two attached hydrogens (primary N) is 1. The van der Waals surface area contributed by atoms with Gasteiger partial charge in [0.1, 0.15) is 11.5 Å². The van der Waals surface area contributed by atoms with Gasteiger partial charge in [-0.2, -0.15) is 18.2 Å². The fraction of sp³-hybridized carbons (Fsp3) is 0.0476. The average molecular weight is 397 g/mol. The third-order valence-corrected chi connectivity index (χ3v) is 4.11. The zero-order valence-corrected chi connectivity index (χ0v) is 14.9. The molecule has 0 aliphatic carbocycles. The van der Waals surface area contributed by atoms with Crippen LogP contribution in [0.2, 0.25) is 0 Å². The van der Waals surface area contributed by atoms with Crippen molar-refractivity contribution in [2.75, 3.05) is 5.73 Å². The lowest BCUT2D eigenvalue weighted by Gasteiger charge is -2.09. The summed E-state index contributed by atoms with van der Waals surface area (Å²) in [6.45, 7) is 0. The van der Waals surface area contributed by atoms with Gasteiger partial charge in [-0.3, -0.25) is 0 Å². The van der Waals surface area contributed by atoms with E-state index < -0.39 is 11.7 Å². The Hall–Kier alpha value is -3.81. The van der Waals surface area contributed by atoms with Gasteiger partial charge in [0.25, 0.3) is 5.89 Å². The summed E-state index contributed by atoms with van der Waals surface area (Å²) in [5.41, 5.74) is 7.03. The number of anilines is 1. The molecule has 0 amide bonds.